The van der Waals surface area contributed by atoms with Gasteiger partial charge in [0.1, 0.15) is 6.61 Å². The van der Waals surface area contributed by atoms with Crippen molar-refractivity contribution in [2.45, 2.75) is 52.5 Å². The lowest BCUT2D eigenvalue weighted by atomic mass is 9.94. The Kier molecular flexibility index (Phi) is 7.11. The Balaban J connectivity index is 0.000000791. The van der Waals surface area contributed by atoms with Gasteiger partial charge in [0, 0.05) is 5.54 Å². The van der Waals surface area contributed by atoms with E-state index < -0.39 is 0 Å². The normalized spacial score (nSPS) is 27.2. The highest BCUT2D eigenvalue weighted by atomic mass is 19.3. The second-order valence-corrected chi connectivity index (χ2v) is 3.51. The highest BCUT2D eigenvalue weighted by Gasteiger charge is 2.38. The Morgan fingerprint density at radius 2 is 2.00 bits per heavy atom. The Morgan fingerprint density at radius 3 is 2.43 bits per heavy atom. The Labute approximate surface area is 87.3 Å². The van der Waals surface area contributed by atoms with Gasteiger partial charge in [-0.3, -0.25) is 4.90 Å². The van der Waals surface area contributed by atoms with Gasteiger partial charge in [0.2, 0.25) is 0 Å². The molecule has 0 radical (unpaired) electrons. The number of halogens is 1. The van der Waals surface area contributed by atoms with Crippen molar-refractivity contribution in [3.8, 4) is 0 Å². The van der Waals surface area contributed by atoms with Crippen LogP contribution >= 0.6 is 0 Å². The first-order chi connectivity index (χ1) is 6.79. The van der Waals surface area contributed by atoms with E-state index in [1.54, 1.807) is 0 Å². The van der Waals surface area contributed by atoms with Gasteiger partial charge in [-0.05, 0) is 36.9 Å². The molecule has 0 spiro atoms. The van der Waals surface area contributed by atoms with Crippen LogP contribution in [0.3, 0.4) is 0 Å². The summed E-state index contributed by atoms with van der Waals surface area (Å²) in [7, 11) is 0. The van der Waals surface area contributed by atoms with E-state index in [9.17, 15) is 4.53 Å². The quantitative estimate of drug-likeness (QED) is 0.699. The van der Waals surface area contributed by atoms with Crippen molar-refractivity contribution in [1.29, 1.82) is 0 Å². The summed E-state index contributed by atoms with van der Waals surface area (Å²) in [5.41, 5.74) is -0.0104. The zero-order valence-corrected chi connectivity index (χ0v) is 9.98. The summed E-state index contributed by atoms with van der Waals surface area (Å²) < 4.78 is 11.9. The number of rotatable bonds is 4. The van der Waals surface area contributed by atoms with E-state index in [4.69, 9.17) is 0 Å². The molecule has 0 aliphatic carbocycles. The molecule has 0 aromatic heterocycles. The van der Waals surface area contributed by atoms with Crippen molar-refractivity contribution in [1.82, 2.24) is 4.90 Å². The van der Waals surface area contributed by atoms with Gasteiger partial charge in [-0.1, -0.05) is 27.7 Å². The summed E-state index contributed by atoms with van der Waals surface area (Å²) in [4.78, 5) is 6.14. The Morgan fingerprint density at radius 1 is 1.36 bits per heavy atom. The van der Waals surface area contributed by atoms with Crippen molar-refractivity contribution in [2.24, 2.45) is 0 Å². The fourth-order valence-electron chi connectivity index (χ4n) is 2.26. The molecule has 0 bridgehead atoms. The molecule has 0 saturated carbocycles. The maximum atomic E-state index is 11.9. The molecule has 1 fully saturated rings. The maximum absolute atomic E-state index is 11.9. The van der Waals surface area contributed by atoms with Crippen LogP contribution in [0.15, 0.2) is 0 Å². The minimum absolute atomic E-state index is 0.0104. The van der Waals surface area contributed by atoms with E-state index in [1.807, 2.05) is 13.8 Å². The molecule has 1 heterocycles. The second-order valence-electron chi connectivity index (χ2n) is 3.51. The number of likely N-dealkylation sites (N-methyl/N-ethyl adjacent to an activating group) is 1. The van der Waals surface area contributed by atoms with E-state index in [1.165, 1.54) is 6.42 Å². The van der Waals surface area contributed by atoms with Gasteiger partial charge in [0.15, 0.2) is 0 Å². The maximum Gasteiger partial charge on any atom is 0.106 e. The molecule has 14 heavy (non-hydrogen) atoms. The number of hydrogen-bond donors (Lipinski definition) is 0. The monoisotopic (exact) mass is 205 g/mol. The van der Waals surface area contributed by atoms with Gasteiger partial charge in [0.25, 0.3) is 0 Å². The standard InChI is InChI=1S/C9H18FNO.C2H6/c1-3-9(8-12-10)6-5-7-11(9)4-2;1-2/h3-8H2,1-2H3;1-2H3. The largest absolute Gasteiger partial charge is 0.296 e. The van der Waals surface area contributed by atoms with Crippen molar-refractivity contribution in [2.75, 3.05) is 19.7 Å². The number of likely N-dealkylation sites (tertiary alicyclic amines) is 1. The topological polar surface area (TPSA) is 12.5 Å². The molecule has 0 N–H and O–H groups in total. The zero-order valence-electron chi connectivity index (χ0n) is 9.98. The lowest BCUT2D eigenvalue weighted by molar-refractivity contribution is -0.165. The predicted octanol–water partition coefficient (Wildman–Crippen LogP) is 3.18. The molecule has 3 heteroatoms. The van der Waals surface area contributed by atoms with Gasteiger partial charge in [-0.2, -0.15) is 4.94 Å². The van der Waals surface area contributed by atoms with Crippen LogP contribution in [0.4, 0.5) is 4.53 Å². The second kappa shape index (κ2) is 7.18. The highest BCUT2D eigenvalue weighted by Crippen LogP contribution is 2.32. The van der Waals surface area contributed by atoms with Crippen LogP contribution < -0.4 is 0 Å². The third kappa shape index (κ3) is 2.92. The van der Waals surface area contributed by atoms with E-state index in [0.717, 1.165) is 25.9 Å². The summed E-state index contributed by atoms with van der Waals surface area (Å²) in [5, 5.41) is 0. The van der Waals surface area contributed by atoms with Crippen LogP contribution in [0.5, 0.6) is 0 Å². The fourth-order valence-corrected chi connectivity index (χ4v) is 2.26. The van der Waals surface area contributed by atoms with E-state index in [-0.39, 0.29) is 12.1 Å². The third-order valence-electron chi connectivity index (χ3n) is 3.10. The highest BCUT2D eigenvalue weighted by molar-refractivity contribution is 4.93. The summed E-state index contributed by atoms with van der Waals surface area (Å²) in [6, 6.07) is 0. The summed E-state index contributed by atoms with van der Waals surface area (Å²) in [5.74, 6) is 0. The van der Waals surface area contributed by atoms with Crippen LogP contribution in [-0.2, 0) is 4.94 Å². The van der Waals surface area contributed by atoms with Crippen molar-refractivity contribution in [3.05, 3.63) is 0 Å². The van der Waals surface area contributed by atoms with Gasteiger partial charge < -0.3 is 0 Å². The molecule has 1 saturated heterocycles. The summed E-state index contributed by atoms with van der Waals surface area (Å²) >= 11 is 0. The first kappa shape index (κ1) is 13.8. The van der Waals surface area contributed by atoms with E-state index >= 15 is 0 Å². The molecule has 1 aliphatic heterocycles. The van der Waals surface area contributed by atoms with Gasteiger partial charge in [0.05, 0.1) is 0 Å². The first-order valence-corrected chi connectivity index (χ1v) is 5.77. The SMILES string of the molecule is CC.CCN1CCCC1(CC)COF. The van der Waals surface area contributed by atoms with E-state index in [2.05, 4.69) is 23.7 Å². The molecule has 2 nitrogen and oxygen atoms in total. The minimum atomic E-state index is -0.0104. The van der Waals surface area contributed by atoms with Crippen LogP contribution in [0.25, 0.3) is 0 Å². The molecule has 1 unspecified atom stereocenters. The van der Waals surface area contributed by atoms with E-state index in [0.29, 0.717) is 0 Å². The van der Waals surface area contributed by atoms with Crippen LogP contribution in [0.2, 0.25) is 0 Å². The molecule has 0 amide bonds. The smallest absolute Gasteiger partial charge is 0.106 e. The van der Waals surface area contributed by atoms with Crippen molar-refractivity contribution < 1.29 is 9.47 Å². The Bertz CT molecular complexity index is 143. The molecule has 0 aromatic carbocycles. The lowest BCUT2D eigenvalue weighted by Gasteiger charge is -2.35. The summed E-state index contributed by atoms with van der Waals surface area (Å²) in [6.07, 6.45) is 3.22. The van der Waals surface area contributed by atoms with Crippen LogP contribution in [0.1, 0.15) is 47.0 Å². The average Bonchev–Trinajstić information content (AvgIpc) is 2.65. The zero-order chi connectivity index (χ0) is 11.0. The fraction of sp³-hybridized carbons (Fsp3) is 1.00. The number of nitrogens with zero attached hydrogens (tertiary/aromatic N) is 1. The van der Waals surface area contributed by atoms with Crippen molar-refractivity contribution in [3.63, 3.8) is 0 Å². The minimum Gasteiger partial charge on any atom is -0.296 e. The van der Waals surface area contributed by atoms with Crippen LogP contribution in [0, 0.1) is 0 Å². The van der Waals surface area contributed by atoms with Gasteiger partial charge in [-0.25, -0.2) is 0 Å². The molecule has 86 valence electrons. The first-order valence-electron chi connectivity index (χ1n) is 5.77. The molecule has 0 aromatic rings. The van der Waals surface area contributed by atoms with Gasteiger partial charge >= 0.3 is 0 Å². The van der Waals surface area contributed by atoms with Gasteiger partial charge in [-0.15, -0.1) is 0 Å². The summed E-state index contributed by atoms with van der Waals surface area (Å²) in [6.45, 7) is 10.5. The van der Waals surface area contributed by atoms with Crippen molar-refractivity contribution >= 4 is 0 Å². The third-order valence-corrected chi connectivity index (χ3v) is 3.10. The molecule has 1 rings (SSSR count). The molecular weight excluding hydrogens is 181 g/mol. The molecule has 1 aliphatic rings. The lowest BCUT2D eigenvalue weighted by Crippen LogP contribution is -2.46. The molecule has 1 atom stereocenters. The average molecular weight is 205 g/mol. The Hall–Kier alpha value is -0.150. The molecular formula is C11H24FNO. The number of hydrogen-bond acceptors (Lipinski definition) is 2. The van der Waals surface area contributed by atoms with Crippen LogP contribution in [-0.4, -0.2) is 30.1 Å². The predicted molar refractivity (Wildman–Crippen MR) is 57.9 cm³/mol.